The average Bonchev–Trinajstić information content (AvgIpc) is 2.68. The molecule has 3 N–H and O–H groups in total. The number of hydrogen-bond acceptors (Lipinski definition) is 3. The van der Waals surface area contributed by atoms with Gasteiger partial charge in [-0.05, 0) is 70.4 Å². The van der Waals surface area contributed by atoms with E-state index in [0.29, 0.717) is 11.3 Å². The summed E-state index contributed by atoms with van der Waals surface area (Å²) in [6, 6.07) is 24.9. The number of rotatable bonds is 3. The zero-order chi connectivity index (χ0) is 18.8. The Morgan fingerprint density at radius 1 is 0.667 bits per heavy atom. The van der Waals surface area contributed by atoms with Crippen LogP contribution in [0.25, 0.3) is 21.9 Å². The molecule has 0 bridgehead atoms. The molecule has 0 atom stereocenters. The topological polar surface area (TPSA) is 69.6 Å². The fourth-order valence-electron chi connectivity index (χ4n) is 3.05. The third kappa shape index (κ3) is 3.60. The Morgan fingerprint density at radius 2 is 1.41 bits per heavy atom. The van der Waals surface area contributed by atoms with Crippen LogP contribution in [0.2, 0.25) is 0 Å². The molecule has 0 fully saturated rings. The van der Waals surface area contributed by atoms with Gasteiger partial charge >= 0.3 is 0 Å². The van der Waals surface area contributed by atoms with Crippen LogP contribution >= 0.6 is 0 Å². The molecular formula is C23H17NO3. The fraction of sp³-hybridized carbons (Fsp3) is 0. The second kappa shape index (κ2) is 6.84. The monoisotopic (exact) mass is 355 g/mol. The number of nitrogens with one attached hydrogen (secondary N) is 1. The molecule has 1 amide bonds. The summed E-state index contributed by atoms with van der Waals surface area (Å²) < 4.78 is 0. The van der Waals surface area contributed by atoms with Gasteiger partial charge in [-0.3, -0.25) is 4.79 Å². The van der Waals surface area contributed by atoms with Gasteiger partial charge in [0.25, 0.3) is 5.91 Å². The van der Waals surface area contributed by atoms with Crippen molar-refractivity contribution in [2.45, 2.75) is 0 Å². The molecule has 0 saturated carbocycles. The van der Waals surface area contributed by atoms with Gasteiger partial charge in [0.15, 0.2) is 0 Å². The van der Waals surface area contributed by atoms with E-state index < -0.39 is 0 Å². The first-order valence-electron chi connectivity index (χ1n) is 8.52. The summed E-state index contributed by atoms with van der Waals surface area (Å²) in [4.78, 5) is 12.5. The lowest BCUT2D eigenvalue weighted by molar-refractivity contribution is 0.102. The third-order valence-electron chi connectivity index (χ3n) is 4.37. The predicted molar refractivity (Wildman–Crippen MR) is 107 cm³/mol. The Balaban J connectivity index is 1.70. The van der Waals surface area contributed by atoms with Crippen LogP contribution in [0.15, 0.2) is 84.9 Å². The normalized spacial score (nSPS) is 10.7. The summed E-state index contributed by atoms with van der Waals surface area (Å²) in [5, 5.41) is 24.4. The SMILES string of the molecule is O=C(Nc1ccccc1)c1cc(O)cc(-c2ccc3cc(O)ccc3c2)c1. The third-order valence-corrected chi connectivity index (χ3v) is 4.37. The van der Waals surface area contributed by atoms with Crippen molar-refractivity contribution < 1.29 is 15.0 Å². The van der Waals surface area contributed by atoms with Crippen molar-refractivity contribution in [1.82, 2.24) is 0 Å². The molecule has 0 aliphatic heterocycles. The number of carbonyl (C=O) groups is 1. The standard InChI is InChI=1S/C23H17NO3/c25-21-9-8-15-10-16(6-7-17(15)12-21)18-11-19(14-22(26)13-18)23(27)24-20-4-2-1-3-5-20/h1-14,25-26H,(H,24,27). The van der Waals surface area contributed by atoms with Crippen LogP contribution in [0.1, 0.15) is 10.4 Å². The van der Waals surface area contributed by atoms with E-state index in [0.717, 1.165) is 21.9 Å². The smallest absolute Gasteiger partial charge is 0.255 e. The lowest BCUT2D eigenvalue weighted by Gasteiger charge is -2.09. The number of hydrogen-bond donors (Lipinski definition) is 3. The average molecular weight is 355 g/mol. The van der Waals surface area contributed by atoms with E-state index in [9.17, 15) is 15.0 Å². The maximum absolute atomic E-state index is 12.5. The Bertz CT molecular complexity index is 1140. The van der Waals surface area contributed by atoms with Gasteiger partial charge in [0.05, 0.1) is 0 Å². The van der Waals surface area contributed by atoms with Crippen molar-refractivity contribution in [2.75, 3.05) is 5.32 Å². The Kier molecular flexibility index (Phi) is 4.22. The van der Waals surface area contributed by atoms with Crippen molar-refractivity contribution in [3.05, 3.63) is 90.5 Å². The van der Waals surface area contributed by atoms with Gasteiger partial charge in [-0.2, -0.15) is 0 Å². The summed E-state index contributed by atoms with van der Waals surface area (Å²) >= 11 is 0. The molecule has 0 aliphatic rings. The van der Waals surface area contributed by atoms with Gasteiger partial charge in [-0.1, -0.05) is 36.4 Å². The number of fused-ring (bicyclic) bond motifs is 1. The largest absolute Gasteiger partial charge is 0.508 e. The van der Waals surface area contributed by atoms with Gasteiger partial charge in [-0.15, -0.1) is 0 Å². The van der Waals surface area contributed by atoms with Crippen LogP contribution in [-0.2, 0) is 0 Å². The minimum Gasteiger partial charge on any atom is -0.508 e. The molecule has 0 aromatic heterocycles. The number of anilines is 1. The van der Waals surface area contributed by atoms with Gasteiger partial charge in [0.1, 0.15) is 11.5 Å². The highest BCUT2D eigenvalue weighted by atomic mass is 16.3. The molecule has 27 heavy (non-hydrogen) atoms. The molecular weight excluding hydrogens is 338 g/mol. The molecule has 4 rings (SSSR count). The molecule has 4 heteroatoms. The van der Waals surface area contributed by atoms with E-state index in [1.807, 2.05) is 42.5 Å². The van der Waals surface area contributed by atoms with E-state index in [2.05, 4.69) is 5.32 Å². The van der Waals surface area contributed by atoms with E-state index in [4.69, 9.17) is 0 Å². The maximum atomic E-state index is 12.5. The molecule has 0 spiro atoms. The van der Waals surface area contributed by atoms with E-state index in [1.54, 1.807) is 36.4 Å². The van der Waals surface area contributed by atoms with E-state index >= 15 is 0 Å². The summed E-state index contributed by atoms with van der Waals surface area (Å²) in [7, 11) is 0. The summed E-state index contributed by atoms with van der Waals surface area (Å²) in [5.74, 6) is -0.0481. The minimum atomic E-state index is -0.288. The highest BCUT2D eigenvalue weighted by molar-refractivity contribution is 6.05. The number of para-hydroxylation sites is 1. The molecule has 4 aromatic rings. The number of aromatic hydroxyl groups is 2. The number of carbonyl (C=O) groups excluding carboxylic acids is 1. The van der Waals surface area contributed by atoms with Crippen molar-refractivity contribution in [3.8, 4) is 22.6 Å². The van der Waals surface area contributed by atoms with Crippen LogP contribution in [0, 0.1) is 0 Å². The van der Waals surface area contributed by atoms with Crippen molar-refractivity contribution in [1.29, 1.82) is 0 Å². The van der Waals surface area contributed by atoms with Gasteiger partial charge < -0.3 is 15.5 Å². The Morgan fingerprint density at radius 3 is 2.22 bits per heavy atom. The van der Waals surface area contributed by atoms with E-state index in [-0.39, 0.29) is 17.4 Å². The summed E-state index contributed by atoms with van der Waals surface area (Å²) in [5.41, 5.74) is 2.68. The summed E-state index contributed by atoms with van der Waals surface area (Å²) in [6.07, 6.45) is 0. The highest BCUT2D eigenvalue weighted by Crippen LogP contribution is 2.30. The van der Waals surface area contributed by atoms with Crippen molar-refractivity contribution in [2.24, 2.45) is 0 Å². The number of amides is 1. The molecule has 0 radical (unpaired) electrons. The maximum Gasteiger partial charge on any atom is 0.255 e. The molecule has 0 heterocycles. The molecule has 0 aliphatic carbocycles. The Labute approximate surface area is 156 Å². The zero-order valence-electron chi connectivity index (χ0n) is 14.4. The number of phenolic OH excluding ortho intramolecular Hbond substituents is 2. The van der Waals surface area contributed by atoms with Crippen LogP contribution in [0.4, 0.5) is 5.69 Å². The van der Waals surface area contributed by atoms with Gasteiger partial charge in [-0.25, -0.2) is 0 Å². The summed E-state index contributed by atoms with van der Waals surface area (Å²) in [6.45, 7) is 0. The van der Waals surface area contributed by atoms with Crippen molar-refractivity contribution >= 4 is 22.4 Å². The second-order valence-electron chi connectivity index (χ2n) is 6.33. The van der Waals surface area contributed by atoms with Crippen LogP contribution in [0.3, 0.4) is 0 Å². The first kappa shape index (κ1) is 16.7. The van der Waals surface area contributed by atoms with Crippen molar-refractivity contribution in [3.63, 3.8) is 0 Å². The molecule has 4 aromatic carbocycles. The lowest BCUT2D eigenvalue weighted by atomic mass is 9.99. The van der Waals surface area contributed by atoms with Crippen LogP contribution < -0.4 is 5.32 Å². The second-order valence-corrected chi connectivity index (χ2v) is 6.33. The van der Waals surface area contributed by atoms with E-state index in [1.165, 1.54) is 6.07 Å². The highest BCUT2D eigenvalue weighted by Gasteiger charge is 2.11. The fourth-order valence-corrected chi connectivity index (χ4v) is 3.05. The number of benzene rings is 4. The molecule has 4 nitrogen and oxygen atoms in total. The molecule has 0 saturated heterocycles. The zero-order valence-corrected chi connectivity index (χ0v) is 14.4. The van der Waals surface area contributed by atoms with Gasteiger partial charge in [0.2, 0.25) is 0 Å². The molecule has 0 unspecified atom stereocenters. The lowest BCUT2D eigenvalue weighted by Crippen LogP contribution is -2.11. The van der Waals surface area contributed by atoms with Crippen LogP contribution in [0.5, 0.6) is 11.5 Å². The molecule has 132 valence electrons. The minimum absolute atomic E-state index is 0.0246. The van der Waals surface area contributed by atoms with Crippen LogP contribution in [-0.4, -0.2) is 16.1 Å². The first-order chi connectivity index (χ1) is 13.1. The van der Waals surface area contributed by atoms with Gasteiger partial charge in [0, 0.05) is 11.3 Å². The Hall–Kier alpha value is -3.79. The predicted octanol–water partition coefficient (Wildman–Crippen LogP) is 5.17. The number of phenols is 2. The first-order valence-corrected chi connectivity index (χ1v) is 8.52. The quantitative estimate of drug-likeness (QED) is 0.475.